The highest BCUT2D eigenvalue weighted by Gasteiger charge is 2.42. The lowest BCUT2D eigenvalue weighted by Crippen LogP contribution is -2.45. The third-order valence-corrected chi connectivity index (χ3v) is 4.10. The molecular weight excluding hydrogens is 254 g/mol. The maximum Gasteiger partial charge on any atom is 0.137 e. The van der Waals surface area contributed by atoms with E-state index in [-0.39, 0.29) is 5.60 Å². The molecular formula is C16H25NO3. The Morgan fingerprint density at radius 3 is 2.90 bits per heavy atom. The minimum atomic E-state index is -0.873. The van der Waals surface area contributed by atoms with E-state index in [1.54, 1.807) is 12.4 Å². The summed E-state index contributed by atoms with van der Waals surface area (Å²) in [6.45, 7) is 7.45. The number of hydrogen-bond donors (Lipinski definition) is 1. The second kappa shape index (κ2) is 6.10. The van der Waals surface area contributed by atoms with Crippen LogP contribution in [0.2, 0.25) is 0 Å². The van der Waals surface area contributed by atoms with Gasteiger partial charge in [0, 0.05) is 24.6 Å². The third-order valence-electron chi connectivity index (χ3n) is 4.10. The molecule has 20 heavy (non-hydrogen) atoms. The first kappa shape index (κ1) is 15.3. The van der Waals surface area contributed by atoms with Gasteiger partial charge in [-0.25, -0.2) is 0 Å². The molecule has 1 saturated heterocycles. The highest BCUT2D eigenvalue weighted by atomic mass is 16.5. The van der Waals surface area contributed by atoms with Gasteiger partial charge in [0.25, 0.3) is 0 Å². The fourth-order valence-electron chi connectivity index (χ4n) is 2.67. The molecule has 1 aromatic heterocycles. The van der Waals surface area contributed by atoms with Gasteiger partial charge in [0.2, 0.25) is 0 Å². The highest BCUT2D eigenvalue weighted by Crippen LogP contribution is 2.41. The Kier molecular flexibility index (Phi) is 4.66. The van der Waals surface area contributed by atoms with E-state index >= 15 is 0 Å². The second-order valence-electron chi connectivity index (χ2n) is 5.87. The van der Waals surface area contributed by atoms with Gasteiger partial charge < -0.3 is 14.6 Å². The smallest absolute Gasteiger partial charge is 0.137 e. The van der Waals surface area contributed by atoms with Crippen LogP contribution in [0.4, 0.5) is 0 Å². The fourth-order valence-corrected chi connectivity index (χ4v) is 2.67. The molecule has 2 atom stereocenters. The van der Waals surface area contributed by atoms with E-state index in [4.69, 9.17) is 9.47 Å². The Morgan fingerprint density at radius 1 is 1.40 bits per heavy atom. The standard InChI is InChI=1S/C16H25NO3/c1-4-7-19-14-9-13(10-17-11-14)16(18)6-8-20-15(3,5-2)12-16/h9-11,18H,4-8,12H2,1-3H3. The van der Waals surface area contributed by atoms with Crippen LogP contribution in [0.5, 0.6) is 5.75 Å². The molecule has 4 heteroatoms. The van der Waals surface area contributed by atoms with Crippen molar-refractivity contribution in [2.45, 2.75) is 57.7 Å². The first-order chi connectivity index (χ1) is 9.51. The molecule has 1 aliphatic heterocycles. The highest BCUT2D eigenvalue weighted by molar-refractivity contribution is 5.29. The summed E-state index contributed by atoms with van der Waals surface area (Å²) in [4.78, 5) is 4.21. The van der Waals surface area contributed by atoms with Crippen molar-refractivity contribution in [3.8, 4) is 5.75 Å². The molecule has 0 aromatic carbocycles. The monoisotopic (exact) mass is 279 g/mol. The van der Waals surface area contributed by atoms with Gasteiger partial charge in [-0.1, -0.05) is 13.8 Å². The quantitative estimate of drug-likeness (QED) is 0.900. The summed E-state index contributed by atoms with van der Waals surface area (Å²) in [7, 11) is 0. The van der Waals surface area contributed by atoms with E-state index in [2.05, 4.69) is 25.8 Å². The van der Waals surface area contributed by atoms with Crippen LogP contribution in [-0.4, -0.2) is 28.9 Å². The van der Waals surface area contributed by atoms with Crippen molar-refractivity contribution in [1.29, 1.82) is 0 Å². The number of aromatic nitrogens is 1. The normalized spacial score (nSPS) is 30.2. The van der Waals surface area contributed by atoms with Crippen molar-refractivity contribution >= 4 is 0 Å². The molecule has 1 fully saturated rings. The van der Waals surface area contributed by atoms with Crippen molar-refractivity contribution < 1.29 is 14.6 Å². The molecule has 2 rings (SSSR count). The number of nitrogens with zero attached hydrogens (tertiary/aromatic N) is 1. The maximum absolute atomic E-state index is 11.0. The van der Waals surface area contributed by atoms with Crippen LogP contribution in [0.15, 0.2) is 18.5 Å². The molecule has 2 unspecified atom stereocenters. The average molecular weight is 279 g/mol. The second-order valence-corrected chi connectivity index (χ2v) is 5.87. The topological polar surface area (TPSA) is 51.6 Å². The molecule has 1 aromatic rings. The zero-order valence-electron chi connectivity index (χ0n) is 12.7. The van der Waals surface area contributed by atoms with Crippen LogP contribution >= 0.6 is 0 Å². The molecule has 0 bridgehead atoms. The van der Waals surface area contributed by atoms with Crippen LogP contribution in [0.25, 0.3) is 0 Å². The average Bonchev–Trinajstić information content (AvgIpc) is 2.45. The first-order valence-electron chi connectivity index (χ1n) is 7.46. The zero-order valence-corrected chi connectivity index (χ0v) is 12.7. The van der Waals surface area contributed by atoms with E-state index in [1.165, 1.54) is 0 Å². The SMILES string of the molecule is CCCOc1cncc(C2(O)CCOC(C)(CC)C2)c1. The molecule has 2 heterocycles. The van der Waals surface area contributed by atoms with Crippen molar-refractivity contribution in [3.63, 3.8) is 0 Å². The zero-order chi connectivity index (χ0) is 14.6. The Bertz CT molecular complexity index is 451. The molecule has 0 aliphatic carbocycles. The number of hydrogen-bond acceptors (Lipinski definition) is 4. The molecule has 1 aliphatic rings. The van der Waals surface area contributed by atoms with Gasteiger partial charge in [0.15, 0.2) is 0 Å². The van der Waals surface area contributed by atoms with Crippen molar-refractivity contribution in [3.05, 3.63) is 24.0 Å². The molecule has 0 spiro atoms. The van der Waals surface area contributed by atoms with Crippen molar-refractivity contribution in [2.75, 3.05) is 13.2 Å². The summed E-state index contributed by atoms with van der Waals surface area (Å²) in [6.07, 6.45) is 6.46. The summed E-state index contributed by atoms with van der Waals surface area (Å²) in [5, 5.41) is 11.0. The third kappa shape index (κ3) is 3.30. The summed E-state index contributed by atoms with van der Waals surface area (Å²) in [6, 6.07) is 1.91. The van der Waals surface area contributed by atoms with Crippen LogP contribution in [0.3, 0.4) is 0 Å². The lowest BCUT2D eigenvalue weighted by Gasteiger charge is -2.43. The Balaban J connectivity index is 2.20. The van der Waals surface area contributed by atoms with Crippen molar-refractivity contribution in [1.82, 2.24) is 4.98 Å². The summed E-state index contributed by atoms with van der Waals surface area (Å²) in [5.74, 6) is 0.725. The number of aliphatic hydroxyl groups is 1. The van der Waals surface area contributed by atoms with Gasteiger partial charge >= 0.3 is 0 Å². The van der Waals surface area contributed by atoms with Gasteiger partial charge in [-0.3, -0.25) is 4.98 Å². The van der Waals surface area contributed by atoms with Crippen LogP contribution in [-0.2, 0) is 10.3 Å². The largest absolute Gasteiger partial charge is 0.492 e. The van der Waals surface area contributed by atoms with Crippen LogP contribution < -0.4 is 4.74 Å². The summed E-state index contributed by atoms with van der Waals surface area (Å²) < 4.78 is 11.4. The molecule has 112 valence electrons. The predicted octanol–water partition coefficient (Wildman–Crippen LogP) is 3.04. The molecule has 0 saturated carbocycles. The lowest BCUT2D eigenvalue weighted by atomic mass is 9.78. The van der Waals surface area contributed by atoms with E-state index in [1.807, 2.05) is 6.07 Å². The Labute approximate surface area is 121 Å². The molecule has 0 radical (unpaired) electrons. The van der Waals surface area contributed by atoms with Crippen LogP contribution in [0.1, 0.15) is 52.0 Å². The van der Waals surface area contributed by atoms with E-state index in [0.29, 0.717) is 26.1 Å². The number of ether oxygens (including phenoxy) is 2. The van der Waals surface area contributed by atoms with Crippen LogP contribution in [0, 0.1) is 0 Å². The Hall–Kier alpha value is -1.13. The van der Waals surface area contributed by atoms with Gasteiger partial charge in [-0.05, 0) is 25.8 Å². The molecule has 0 amide bonds. The first-order valence-corrected chi connectivity index (χ1v) is 7.46. The minimum Gasteiger partial charge on any atom is -0.492 e. The Morgan fingerprint density at radius 2 is 2.20 bits per heavy atom. The number of pyridine rings is 1. The lowest BCUT2D eigenvalue weighted by molar-refractivity contribution is -0.157. The van der Waals surface area contributed by atoms with E-state index < -0.39 is 5.60 Å². The van der Waals surface area contributed by atoms with Gasteiger partial charge in [0.05, 0.1) is 30.6 Å². The van der Waals surface area contributed by atoms with Crippen molar-refractivity contribution in [2.24, 2.45) is 0 Å². The van der Waals surface area contributed by atoms with Gasteiger partial charge in [-0.2, -0.15) is 0 Å². The minimum absolute atomic E-state index is 0.271. The van der Waals surface area contributed by atoms with Gasteiger partial charge in [0.1, 0.15) is 5.75 Å². The van der Waals surface area contributed by atoms with Gasteiger partial charge in [-0.15, -0.1) is 0 Å². The van der Waals surface area contributed by atoms with E-state index in [9.17, 15) is 5.11 Å². The number of rotatable bonds is 5. The molecule has 4 nitrogen and oxygen atoms in total. The maximum atomic E-state index is 11.0. The van der Waals surface area contributed by atoms with E-state index in [0.717, 1.165) is 24.2 Å². The summed E-state index contributed by atoms with van der Waals surface area (Å²) >= 11 is 0. The predicted molar refractivity (Wildman–Crippen MR) is 77.8 cm³/mol. The fraction of sp³-hybridized carbons (Fsp3) is 0.688. The summed E-state index contributed by atoms with van der Waals surface area (Å²) in [5.41, 5.74) is -0.316. The molecule has 1 N–H and O–H groups in total.